The number of hydrogen-bond donors (Lipinski definition) is 1. The maximum atomic E-state index is 12.0. The van der Waals surface area contributed by atoms with Crippen LogP contribution in [0.5, 0.6) is 0 Å². The lowest BCUT2D eigenvalue weighted by Crippen LogP contribution is -2.25. The van der Waals surface area contributed by atoms with Gasteiger partial charge in [-0.15, -0.1) is 11.8 Å². The first-order valence-corrected chi connectivity index (χ1v) is 9.55. The molecule has 0 aromatic heterocycles. The Balaban J connectivity index is 1.83. The molecule has 0 aliphatic rings. The molecule has 8 heteroatoms. The second-order valence-corrected chi connectivity index (χ2v) is 7.18. The Morgan fingerprint density at radius 2 is 1.85 bits per heavy atom. The summed E-state index contributed by atoms with van der Waals surface area (Å²) in [6.07, 6.45) is -0.459. The van der Waals surface area contributed by atoms with Crippen LogP contribution < -0.4 is 10.2 Å². The van der Waals surface area contributed by atoms with E-state index >= 15 is 0 Å². The lowest BCUT2D eigenvalue weighted by atomic mass is 10.2. The van der Waals surface area contributed by atoms with Crippen molar-refractivity contribution >= 4 is 58.3 Å². The standard InChI is InChI=1S/C18H18Cl2N2O3S/c1-22(18(24)25-2)15-7-5-14(6-8-15)21-17(23)11-26-10-12-3-4-13(19)9-16(12)20/h3-9H,10-11H2,1-2H3,(H,21,23). The minimum atomic E-state index is -0.459. The molecule has 0 unspecified atom stereocenters. The highest BCUT2D eigenvalue weighted by Crippen LogP contribution is 2.25. The topological polar surface area (TPSA) is 58.6 Å². The Morgan fingerprint density at radius 3 is 2.46 bits per heavy atom. The summed E-state index contributed by atoms with van der Waals surface area (Å²) < 4.78 is 4.65. The van der Waals surface area contributed by atoms with E-state index in [1.807, 2.05) is 6.07 Å². The van der Waals surface area contributed by atoms with Crippen LogP contribution in [0.15, 0.2) is 42.5 Å². The van der Waals surface area contributed by atoms with Gasteiger partial charge in [0.05, 0.1) is 12.9 Å². The van der Waals surface area contributed by atoms with Gasteiger partial charge >= 0.3 is 6.09 Å². The molecular formula is C18H18Cl2N2O3S. The molecule has 0 radical (unpaired) electrons. The fraction of sp³-hybridized carbons (Fsp3) is 0.222. The van der Waals surface area contributed by atoms with E-state index < -0.39 is 6.09 Å². The SMILES string of the molecule is COC(=O)N(C)c1ccc(NC(=O)CSCc2ccc(Cl)cc2Cl)cc1. The van der Waals surface area contributed by atoms with Gasteiger partial charge in [0.25, 0.3) is 0 Å². The molecule has 138 valence electrons. The first kappa shape index (κ1) is 20.4. The molecule has 2 rings (SSSR count). The van der Waals surface area contributed by atoms with Gasteiger partial charge in [0.2, 0.25) is 5.91 Å². The normalized spacial score (nSPS) is 10.3. The van der Waals surface area contributed by atoms with Crippen LogP contribution in [0.25, 0.3) is 0 Å². The lowest BCUT2D eigenvalue weighted by molar-refractivity contribution is -0.113. The van der Waals surface area contributed by atoms with Crippen molar-refractivity contribution in [1.29, 1.82) is 0 Å². The van der Waals surface area contributed by atoms with Crippen LogP contribution in [0.4, 0.5) is 16.2 Å². The molecule has 0 atom stereocenters. The molecule has 0 fully saturated rings. The Morgan fingerprint density at radius 1 is 1.15 bits per heavy atom. The molecule has 0 bridgehead atoms. The maximum absolute atomic E-state index is 12.0. The fourth-order valence-electron chi connectivity index (χ4n) is 2.10. The number of ether oxygens (including phenoxy) is 1. The highest BCUT2D eigenvalue weighted by Gasteiger charge is 2.11. The van der Waals surface area contributed by atoms with Crippen molar-refractivity contribution in [2.24, 2.45) is 0 Å². The number of methoxy groups -OCH3 is 1. The van der Waals surface area contributed by atoms with E-state index in [0.29, 0.717) is 32.9 Å². The van der Waals surface area contributed by atoms with Crippen molar-refractivity contribution in [1.82, 2.24) is 0 Å². The maximum Gasteiger partial charge on any atom is 0.413 e. The van der Waals surface area contributed by atoms with E-state index in [4.69, 9.17) is 23.2 Å². The highest BCUT2D eigenvalue weighted by atomic mass is 35.5. The molecule has 0 spiro atoms. The van der Waals surface area contributed by atoms with Crippen LogP contribution in [0.2, 0.25) is 10.0 Å². The van der Waals surface area contributed by atoms with E-state index in [2.05, 4.69) is 10.1 Å². The number of hydrogen-bond acceptors (Lipinski definition) is 4. The zero-order valence-corrected chi connectivity index (χ0v) is 16.6. The summed E-state index contributed by atoms with van der Waals surface area (Å²) in [6.45, 7) is 0. The van der Waals surface area contributed by atoms with Crippen molar-refractivity contribution in [2.45, 2.75) is 5.75 Å². The van der Waals surface area contributed by atoms with Gasteiger partial charge in [-0.1, -0.05) is 29.3 Å². The molecule has 0 saturated heterocycles. The molecule has 5 nitrogen and oxygen atoms in total. The average Bonchev–Trinajstić information content (AvgIpc) is 2.63. The van der Waals surface area contributed by atoms with Crippen LogP contribution >= 0.6 is 35.0 Å². The zero-order valence-electron chi connectivity index (χ0n) is 14.3. The first-order chi connectivity index (χ1) is 12.4. The number of benzene rings is 2. The smallest absolute Gasteiger partial charge is 0.413 e. The number of carbonyl (C=O) groups is 2. The minimum Gasteiger partial charge on any atom is -0.452 e. The average molecular weight is 413 g/mol. The van der Waals surface area contributed by atoms with Crippen molar-refractivity contribution in [2.75, 3.05) is 30.1 Å². The minimum absolute atomic E-state index is 0.117. The molecule has 2 aromatic rings. The summed E-state index contributed by atoms with van der Waals surface area (Å²) in [5.41, 5.74) is 2.26. The van der Waals surface area contributed by atoms with Crippen LogP contribution in [0, 0.1) is 0 Å². The van der Waals surface area contributed by atoms with E-state index in [0.717, 1.165) is 5.56 Å². The van der Waals surface area contributed by atoms with Crippen LogP contribution in [0.1, 0.15) is 5.56 Å². The Hall–Kier alpha value is -1.89. The molecule has 2 amide bonds. The first-order valence-electron chi connectivity index (χ1n) is 7.64. The summed E-state index contributed by atoms with van der Waals surface area (Å²) in [5, 5.41) is 3.99. The van der Waals surface area contributed by atoms with Gasteiger partial charge < -0.3 is 10.1 Å². The van der Waals surface area contributed by atoms with E-state index in [1.165, 1.54) is 23.8 Å². The third-order valence-corrected chi connectivity index (χ3v) is 5.06. The Labute approximate surface area is 166 Å². The van der Waals surface area contributed by atoms with E-state index in [9.17, 15) is 9.59 Å². The van der Waals surface area contributed by atoms with Gasteiger partial charge in [0, 0.05) is 34.2 Å². The summed E-state index contributed by atoms with van der Waals surface area (Å²) in [7, 11) is 2.93. The molecule has 0 aliphatic heterocycles. The number of nitrogens with zero attached hydrogens (tertiary/aromatic N) is 1. The second kappa shape index (κ2) is 9.71. The predicted molar refractivity (Wildman–Crippen MR) is 109 cm³/mol. The lowest BCUT2D eigenvalue weighted by Gasteiger charge is -2.16. The second-order valence-electron chi connectivity index (χ2n) is 5.35. The number of halogens is 2. The third kappa shape index (κ3) is 5.83. The van der Waals surface area contributed by atoms with Crippen LogP contribution in [-0.2, 0) is 15.3 Å². The van der Waals surface area contributed by atoms with Gasteiger partial charge in [-0.25, -0.2) is 4.79 Å². The largest absolute Gasteiger partial charge is 0.452 e. The summed E-state index contributed by atoms with van der Waals surface area (Å²) >= 11 is 13.4. The number of nitrogens with one attached hydrogen (secondary N) is 1. The van der Waals surface area contributed by atoms with Gasteiger partial charge in [-0.3, -0.25) is 9.69 Å². The summed E-state index contributed by atoms with van der Waals surface area (Å²) in [5.74, 6) is 0.795. The highest BCUT2D eigenvalue weighted by molar-refractivity contribution is 7.99. The molecule has 26 heavy (non-hydrogen) atoms. The molecule has 0 heterocycles. The Kier molecular flexibility index (Phi) is 7.63. The quantitative estimate of drug-likeness (QED) is 0.719. The molecule has 2 aromatic carbocycles. The van der Waals surface area contributed by atoms with Gasteiger partial charge in [0.1, 0.15) is 0 Å². The number of rotatable bonds is 6. The molecular weight excluding hydrogens is 395 g/mol. The number of thioether (sulfide) groups is 1. The molecule has 1 N–H and O–H groups in total. The number of anilines is 2. The third-order valence-electron chi connectivity index (χ3n) is 3.49. The molecule has 0 aliphatic carbocycles. The fourth-order valence-corrected chi connectivity index (χ4v) is 3.49. The van der Waals surface area contributed by atoms with E-state index in [1.54, 1.807) is 43.4 Å². The zero-order chi connectivity index (χ0) is 19.1. The number of carbonyl (C=O) groups excluding carboxylic acids is 2. The van der Waals surface area contributed by atoms with Crippen molar-refractivity contribution in [3.05, 3.63) is 58.1 Å². The van der Waals surface area contributed by atoms with Gasteiger partial charge in [-0.2, -0.15) is 0 Å². The molecule has 0 saturated carbocycles. The van der Waals surface area contributed by atoms with Gasteiger partial charge in [0.15, 0.2) is 0 Å². The van der Waals surface area contributed by atoms with Crippen molar-refractivity contribution in [3.63, 3.8) is 0 Å². The van der Waals surface area contributed by atoms with Gasteiger partial charge in [-0.05, 0) is 42.0 Å². The number of amides is 2. The Bertz CT molecular complexity index is 785. The van der Waals surface area contributed by atoms with E-state index in [-0.39, 0.29) is 5.91 Å². The summed E-state index contributed by atoms with van der Waals surface area (Å²) in [6, 6.07) is 12.2. The monoisotopic (exact) mass is 412 g/mol. The summed E-state index contributed by atoms with van der Waals surface area (Å²) in [4.78, 5) is 24.9. The van der Waals surface area contributed by atoms with Crippen molar-refractivity contribution < 1.29 is 14.3 Å². The van der Waals surface area contributed by atoms with Crippen LogP contribution in [-0.4, -0.2) is 31.9 Å². The predicted octanol–water partition coefficient (Wildman–Crippen LogP) is 5.07. The van der Waals surface area contributed by atoms with Crippen LogP contribution in [0.3, 0.4) is 0 Å². The van der Waals surface area contributed by atoms with Crippen molar-refractivity contribution in [3.8, 4) is 0 Å².